The predicted octanol–water partition coefficient (Wildman–Crippen LogP) is 2.33. The summed E-state index contributed by atoms with van der Waals surface area (Å²) < 4.78 is 0. The van der Waals surface area contributed by atoms with Gasteiger partial charge in [-0.1, -0.05) is 19.3 Å². The van der Waals surface area contributed by atoms with Gasteiger partial charge in [-0.15, -0.1) is 0 Å². The molecular weight excluding hydrogens is 274 g/mol. The van der Waals surface area contributed by atoms with Crippen molar-refractivity contribution in [1.82, 2.24) is 5.43 Å². The summed E-state index contributed by atoms with van der Waals surface area (Å²) in [6, 6.07) is 3.63. The highest BCUT2D eigenvalue weighted by Gasteiger charge is 2.20. The Morgan fingerprint density at radius 1 is 1.38 bits per heavy atom. The van der Waals surface area contributed by atoms with Crippen molar-refractivity contribution in [2.24, 2.45) is 11.0 Å². The number of aromatic hydroxyl groups is 1. The van der Waals surface area contributed by atoms with E-state index in [1.54, 1.807) is 0 Å². The fraction of sp³-hybridized carbons (Fsp3) is 0.429. The van der Waals surface area contributed by atoms with Crippen molar-refractivity contribution in [3.63, 3.8) is 0 Å². The van der Waals surface area contributed by atoms with Gasteiger partial charge in [0, 0.05) is 23.6 Å². The Bertz CT molecular complexity index is 565. The van der Waals surface area contributed by atoms with E-state index in [1.807, 2.05) is 0 Å². The van der Waals surface area contributed by atoms with Gasteiger partial charge in [0.25, 0.3) is 5.69 Å². The number of nitrogens with one attached hydrogen (secondary N) is 1. The Labute approximate surface area is 121 Å². The lowest BCUT2D eigenvalue weighted by Crippen LogP contribution is -2.28. The minimum Gasteiger partial charge on any atom is -0.507 e. The molecule has 112 valence electrons. The van der Waals surface area contributed by atoms with Gasteiger partial charge in [-0.2, -0.15) is 5.10 Å². The Hall–Kier alpha value is -2.44. The third-order valence-electron chi connectivity index (χ3n) is 3.58. The molecule has 2 N–H and O–H groups in total. The topological polar surface area (TPSA) is 105 Å². The summed E-state index contributed by atoms with van der Waals surface area (Å²) in [4.78, 5) is 22.0. The smallest absolute Gasteiger partial charge is 0.270 e. The molecule has 2 rings (SSSR count). The van der Waals surface area contributed by atoms with Crippen LogP contribution in [0.4, 0.5) is 5.69 Å². The maximum absolute atomic E-state index is 11.9. The largest absolute Gasteiger partial charge is 0.507 e. The first-order chi connectivity index (χ1) is 10.1. The number of non-ortho nitro benzene ring substituents is 1. The molecule has 0 unspecified atom stereocenters. The van der Waals surface area contributed by atoms with Gasteiger partial charge in [0.2, 0.25) is 5.91 Å². The Balaban J connectivity index is 1.99. The fourth-order valence-corrected chi connectivity index (χ4v) is 2.38. The number of phenols is 1. The van der Waals surface area contributed by atoms with E-state index in [9.17, 15) is 20.0 Å². The molecule has 0 saturated heterocycles. The zero-order valence-corrected chi connectivity index (χ0v) is 11.5. The second-order valence-corrected chi connectivity index (χ2v) is 5.07. The van der Waals surface area contributed by atoms with Crippen LogP contribution < -0.4 is 5.43 Å². The lowest BCUT2D eigenvalue weighted by atomic mass is 9.89. The number of hydrogen-bond donors (Lipinski definition) is 2. The molecule has 0 aliphatic heterocycles. The number of amides is 1. The number of nitrogens with zero attached hydrogens (tertiary/aromatic N) is 2. The molecule has 0 aromatic heterocycles. The average molecular weight is 291 g/mol. The van der Waals surface area contributed by atoms with Gasteiger partial charge >= 0.3 is 0 Å². The molecule has 0 spiro atoms. The van der Waals surface area contributed by atoms with E-state index < -0.39 is 4.92 Å². The van der Waals surface area contributed by atoms with Crippen molar-refractivity contribution in [3.05, 3.63) is 33.9 Å². The van der Waals surface area contributed by atoms with Gasteiger partial charge in [0.1, 0.15) is 5.75 Å². The van der Waals surface area contributed by atoms with Crippen LogP contribution in [0, 0.1) is 16.0 Å². The van der Waals surface area contributed by atoms with E-state index in [-0.39, 0.29) is 28.8 Å². The molecule has 1 aromatic rings. The van der Waals surface area contributed by atoms with E-state index >= 15 is 0 Å². The van der Waals surface area contributed by atoms with Crippen LogP contribution in [-0.2, 0) is 4.79 Å². The Kier molecular flexibility index (Phi) is 4.86. The second-order valence-electron chi connectivity index (χ2n) is 5.07. The lowest BCUT2D eigenvalue weighted by Gasteiger charge is -2.19. The minimum absolute atomic E-state index is 0.0189. The highest BCUT2D eigenvalue weighted by atomic mass is 16.6. The summed E-state index contributed by atoms with van der Waals surface area (Å²) in [6.07, 6.45) is 6.20. The van der Waals surface area contributed by atoms with E-state index in [4.69, 9.17) is 0 Å². The molecule has 0 atom stereocenters. The monoisotopic (exact) mass is 291 g/mol. The van der Waals surface area contributed by atoms with Crippen molar-refractivity contribution < 1.29 is 14.8 Å². The number of nitro groups is 1. The molecule has 7 heteroatoms. The zero-order valence-electron chi connectivity index (χ0n) is 11.5. The van der Waals surface area contributed by atoms with E-state index in [1.165, 1.54) is 24.4 Å². The average Bonchev–Trinajstić information content (AvgIpc) is 2.49. The van der Waals surface area contributed by atoms with Gasteiger partial charge in [0.15, 0.2) is 0 Å². The summed E-state index contributed by atoms with van der Waals surface area (Å²) in [7, 11) is 0. The van der Waals surface area contributed by atoms with Crippen LogP contribution in [0.25, 0.3) is 0 Å². The number of benzene rings is 1. The molecule has 7 nitrogen and oxygen atoms in total. The third kappa shape index (κ3) is 4.01. The SMILES string of the molecule is O=C(N/N=C\c1cc([N+](=O)[O-])ccc1O)C1CCCCC1. The molecular formula is C14H17N3O4. The Morgan fingerprint density at radius 3 is 2.76 bits per heavy atom. The van der Waals surface area contributed by atoms with Gasteiger partial charge in [0.05, 0.1) is 11.1 Å². The van der Waals surface area contributed by atoms with Gasteiger partial charge in [-0.3, -0.25) is 14.9 Å². The molecule has 21 heavy (non-hydrogen) atoms. The number of nitro benzene ring substituents is 1. The van der Waals surface area contributed by atoms with Gasteiger partial charge in [-0.05, 0) is 18.9 Å². The number of carbonyl (C=O) groups is 1. The molecule has 0 radical (unpaired) electrons. The maximum Gasteiger partial charge on any atom is 0.270 e. The van der Waals surface area contributed by atoms with Crippen molar-refractivity contribution in [1.29, 1.82) is 0 Å². The number of rotatable bonds is 4. The molecule has 0 bridgehead atoms. The van der Waals surface area contributed by atoms with Crippen LogP contribution in [-0.4, -0.2) is 22.2 Å². The molecule has 1 amide bonds. The van der Waals surface area contributed by atoms with Crippen molar-refractivity contribution in [2.45, 2.75) is 32.1 Å². The Morgan fingerprint density at radius 2 is 2.10 bits per heavy atom. The first kappa shape index (κ1) is 15.0. The van der Waals surface area contributed by atoms with Crippen molar-refractivity contribution >= 4 is 17.8 Å². The van der Waals surface area contributed by atoms with Crippen LogP contribution in [0.1, 0.15) is 37.7 Å². The second kappa shape index (κ2) is 6.83. The van der Waals surface area contributed by atoms with Gasteiger partial charge in [-0.25, -0.2) is 5.43 Å². The van der Waals surface area contributed by atoms with Crippen molar-refractivity contribution in [3.8, 4) is 5.75 Å². The summed E-state index contributed by atoms with van der Waals surface area (Å²) in [5, 5.41) is 24.0. The zero-order chi connectivity index (χ0) is 15.2. The van der Waals surface area contributed by atoms with E-state index in [0.717, 1.165) is 32.1 Å². The van der Waals surface area contributed by atoms with Crippen molar-refractivity contribution in [2.75, 3.05) is 0 Å². The maximum atomic E-state index is 11.9. The molecule has 1 aromatic carbocycles. The van der Waals surface area contributed by atoms with Gasteiger partial charge < -0.3 is 5.11 Å². The fourth-order valence-electron chi connectivity index (χ4n) is 2.38. The number of carbonyl (C=O) groups excluding carboxylic acids is 1. The summed E-state index contributed by atoms with van der Waals surface area (Å²) in [5.41, 5.74) is 2.47. The molecule has 0 heterocycles. The molecule has 1 saturated carbocycles. The van der Waals surface area contributed by atoms with Crippen LogP contribution >= 0.6 is 0 Å². The summed E-state index contributed by atoms with van der Waals surface area (Å²) in [6.45, 7) is 0. The highest BCUT2D eigenvalue weighted by Crippen LogP contribution is 2.24. The van der Waals surface area contributed by atoms with Crippen LogP contribution in [0.15, 0.2) is 23.3 Å². The highest BCUT2D eigenvalue weighted by molar-refractivity contribution is 5.86. The molecule has 1 fully saturated rings. The third-order valence-corrected chi connectivity index (χ3v) is 3.58. The lowest BCUT2D eigenvalue weighted by molar-refractivity contribution is -0.384. The van der Waals surface area contributed by atoms with Crippen LogP contribution in [0.3, 0.4) is 0 Å². The number of hydrogen-bond acceptors (Lipinski definition) is 5. The summed E-state index contributed by atoms with van der Waals surface area (Å²) in [5.74, 6) is -0.290. The first-order valence-electron chi connectivity index (χ1n) is 6.88. The molecule has 1 aliphatic carbocycles. The number of hydrazone groups is 1. The number of phenolic OH excluding ortho intramolecular Hbond substituents is 1. The normalized spacial score (nSPS) is 16.0. The van der Waals surface area contributed by atoms with Crippen LogP contribution in [0.2, 0.25) is 0 Å². The quantitative estimate of drug-likeness (QED) is 0.504. The first-order valence-corrected chi connectivity index (χ1v) is 6.88. The minimum atomic E-state index is -0.558. The van der Waals surface area contributed by atoms with E-state index in [2.05, 4.69) is 10.5 Å². The summed E-state index contributed by atoms with van der Waals surface area (Å²) >= 11 is 0. The standard InChI is InChI=1S/C14H17N3O4/c18-13-7-6-12(17(20)21)8-11(13)9-15-16-14(19)10-4-2-1-3-5-10/h6-10,18H,1-5H2,(H,16,19)/b15-9-. The molecule has 1 aliphatic rings. The predicted molar refractivity (Wildman–Crippen MR) is 77.1 cm³/mol. The van der Waals surface area contributed by atoms with E-state index in [0.29, 0.717) is 0 Å². The van der Waals surface area contributed by atoms with Crippen LogP contribution in [0.5, 0.6) is 5.75 Å².